The molecule has 3 heterocycles. The van der Waals surface area contributed by atoms with Crippen LogP contribution in [0.25, 0.3) is 0 Å². The summed E-state index contributed by atoms with van der Waals surface area (Å²) < 4.78 is 2.02. The molecule has 0 fully saturated rings. The van der Waals surface area contributed by atoms with Gasteiger partial charge in [0.2, 0.25) is 0 Å². The summed E-state index contributed by atoms with van der Waals surface area (Å²) in [7, 11) is 0. The second kappa shape index (κ2) is 6.44. The van der Waals surface area contributed by atoms with Gasteiger partial charge in [0, 0.05) is 13.0 Å². The highest BCUT2D eigenvalue weighted by Crippen LogP contribution is 2.23. The topological polar surface area (TPSA) is 117 Å². The predicted octanol–water partition coefficient (Wildman–Crippen LogP) is 0.296. The highest BCUT2D eigenvalue weighted by Gasteiger charge is 2.19. The number of rotatable bonds is 6. The molecule has 0 saturated carbocycles. The van der Waals surface area contributed by atoms with Crippen LogP contribution < -0.4 is 5.32 Å². The minimum Gasteiger partial charge on any atom is -0.385 e. The molecule has 9 nitrogen and oxygen atoms in total. The maximum atomic E-state index is 9.92. The molecular weight excluding hydrogens is 272 g/mol. The van der Waals surface area contributed by atoms with E-state index in [4.69, 9.17) is 0 Å². The lowest BCUT2D eigenvalue weighted by molar-refractivity contribution is 0.184. The first-order chi connectivity index (χ1) is 10.3. The zero-order valence-electron chi connectivity index (χ0n) is 11.6. The number of H-pyrrole nitrogens is 1. The van der Waals surface area contributed by atoms with Gasteiger partial charge in [-0.2, -0.15) is 5.21 Å². The van der Waals surface area contributed by atoms with Gasteiger partial charge in [-0.05, 0) is 12.8 Å². The number of fused-ring (bicyclic) bond motifs is 1. The standard InChI is InChI=1S/C12H18N8O/c21-9-6-13-7-14-12-11(9)15-8-20(12)5-3-1-2-4-10-16-18-19-17-10/h7-9,21H,1-6H2,(H,13,14)(H,16,17,18,19). The number of unbranched alkanes of at least 4 members (excludes halogenated alkanes) is 2. The quantitative estimate of drug-likeness (QED) is 0.659. The van der Waals surface area contributed by atoms with Gasteiger partial charge in [-0.1, -0.05) is 11.6 Å². The summed E-state index contributed by atoms with van der Waals surface area (Å²) in [5, 5.41) is 26.8. The molecule has 0 saturated heterocycles. The third-order valence-corrected chi connectivity index (χ3v) is 3.44. The van der Waals surface area contributed by atoms with Crippen LogP contribution in [0.1, 0.15) is 36.9 Å². The van der Waals surface area contributed by atoms with Crippen LogP contribution in [-0.4, -0.2) is 48.2 Å². The molecule has 21 heavy (non-hydrogen) atoms. The van der Waals surface area contributed by atoms with Crippen molar-refractivity contribution < 1.29 is 5.11 Å². The van der Waals surface area contributed by atoms with E-state index >= 15 is 0 Å². The van der Waals surface area contributed by atoms with Crippen LogP contribution in [0.3, 0.4) is 0 Å². The van der Waals surface area contributed by atoms with Crippen molar-refractivity contribution in [2.75, 3.05) is 11.9 Å². The van der Waals surface area contributed by atoms with Gasteiger partial charge in [0.1, 0.15) is 17.6 Å². The molecule has 3 rings (SSSR count). The molecule has 0 aliphatic carbocycles. The number of tetrazole rings is 1. The Labute approximate surface area is 121 Å². The van der Waals surface area contributed by atoms with Gasteiger partial charge < -0.3 is 15.0 Å². The van der Waals surface area contributed by atoms with E-state index < -0.39 is 6.10 Å². The van der Waals surface area contributed by atoms with Crippen molar-refractivity contribution in [1.29, 1.82) is 0 Å². The molecule has 0 aromatic carbocycles. The zero-order chi connectivity index (χ0) is 14.5. The Balaban J connectivity index is 1.48. The van der Waals surface area contributed by atoms with E-state index in [0.29, 0.717) is 12.2 Å². The fourth-order valence-electron chi connectivity index (χ4n) is 2.34. The van der Waals surface area contributed by atoms with Crippen LogP contribution in [0.15, 0.2) is 11.3 Å². The number of hydrogen-bond acceptors (Lipinski definition) is 7. The molecule has 112 valence electrons. The van der Waals surface area contributed by atoms with Crippen molar-refractivity contribution >= 4 is 12.2 Å². The van der Waals surface area contributed by atoms with E-state index in [9.17, 15) is 5.11 Å². The first-order valence-corrected chi connectivity index (χ1v) is 7.05. The molecule has 1 unspecified atom stereocenters. The van der Waals surface area contributed by atoms with E-state index in [2.05, 4.69) is 35.9 Å². The molecule has 0 spiro atoms. The number of imidazole rings is 1. The summed E-state index contributed by atoms with van der Waals surface area (Å²) in [5.41, 5.74) is 0.666. The molecular formula is C12H18N8O. The van der Waals surface area contributed by atoms with Gasteiger partial charge in [-0.25, -0.2) is 4.98 Å². The monoisotopic (exact) mass is 290 g/mol. The molecule has 1 aliphatic heterocycles. The van der Waals surface area contributed by atoms with E-state index in [1.54, 1.807) is 12.7 Å². The molecule has 2 aromatic heterocycles. The largest absolute Gasteiger partial charge is 0.385 e. The van der Waals surface area contributed by atoms with Crippen LogP contribution in [0.2, 0.25) is 0 Å². The maximum Gasteiger partial charge on any atom is 0.174 e. The third kappa shape index (κ3) is 3.24. The number of nitrogens with one attached hydrogen (secondary N) is 2. The Morgan fingerprint density at radius 1 is 1.33 bits per heavy atom. The smallest absolute Gasteiger partial charge is 0.174 e. The number of nitrogens with zero attached hydrogens (tertiary/aromatic N) is 6. The lowest BCUT2D eigenvalue weighted by atomic mass is 10.2. The number of aryl methyl sites for hydroxylation is 2. The van der Waals surface area contributed by atoms with Crippen LogP contribution in [0.4, 0.5) is 5.82 Å². The highest BCUT2D eigenvalue weighted by atomic mass is 16.3. The molecule has 9 heteroatoms. The molecule has 1 atom stereocenters. The lowest BCUT2D eigenvalue weighted by Crippen LogP contribution is -2.06. The number of anilines is 1. The number of aromatic nitrogens is 6. The number of hydrogen-bond donors (Lipinski definition) is 3. The van der Waals surface area contributed by atoms with Gasteiger partial charge in [0.25, 0.3) is 0 Å². The van der Waals surface area contributed by atoms with Gasteiger partial charge >= 0.3 is 0 Å². The number of aromatic amines is 1. The highest BCUT2D eigenvalue weighted by molar-refractivity contribution is 5.76. The molecule has 1 aliphatic rings. The van der Waals surface area contributed by atoms with E-state index in [1.807, 2.05) is 4.57 Å². The first-order valence-electron chi connectivity index (χ1n) is 7.05. The second-order valence-electron chi connectivity index (χ2n) is 4.96. The van der Waals surface area contributed by atoms with Crippen molar-refractivity contribution in [2.45, 2.75) is 38.3 Å². The SMILES string of the molecule is OC1CN=CNc2c1ncn2CCCCCc1nn[nH]n1. The number of aliphatic imine (C=N–C) groups is 1. The fourth-order valence-corrected chi connectivity index (χ4v) is 2.34. The normalized spacial score (nSPS) is 17.3. The Bertz CT molecular complexity index is 590. The maximum absolute atomic E-state index is 9.92. The van der Waals surface area contributed by atoms with Gasteiger partial charge in [0.15, 0.2) is 5.82 Å². The van der Waals surface area contributed by atoms with Crippen LogP contribution in [0, 0.1) is 0 Å². The summed E-state index contributed by atoms with van der Waals surface area (Å²) in [6.07, 6.45) is 6.69. The van der Waals surface area contributed by atoms with Gasteiger partial charge in [-0.3, -0.25) is 4.99 Å². The minimum absolute atomic E-state index is 0.349. The Hall–Kier alpha value is -2.29. The van der Waals surface area contributed by atoms with Crippen molar-refractivity contribution in [3.8, 4) is 0 Å². The summed E-state index contributed by atoms with van der Waals surface area (Å²) in [6, 6.07) is 0. The second-order valence-corrected chi connectivity index (χ2v) is 4.96. The van der Waals surface area contributed by atoms with E-state index in [-0.39, 0.29) is 0 Å². The van der Waals surface area contributed by atoms with Crippen LogP contribution >= 0.6 is 0 Å². The summed E-state index contributed by atoms with van der Waals surface area (Å²) in [6.45, 7) is 1.20. The summed E-state index contributed by atoms with van der Waals surface area (Å²) in [5.74, 6) is 1.59. The van der Waals surface area contributed by atoms with E-state index in [0.717, 1.165) is 43.9 Å². The Morgan fingerprint density at radius 3 is 3.14 bits per heavy atom. The fraction of sp³-hybridized carbons (Fsp3) is 0.583. The average molecular weight is 290 g/mol. The van der Waals surface area contributed by atoms with Gasteiger partial charge in [-0.15, -0.1) is 10.2 Å². The first kappa shape index (κ1) is 13.7. The molecule has 3 N–H and O–H groups in total. The number of aliphatic hydroxyl groups excluding tert-OH is 1. The van der Waals surface area contributed by atoms with Crippen LogP contribution in [0.5, 0.6) is 0 Å². The molecule has 0 amide bonds. The van der Waals surface area contributed by atoms with Crippen molar-refractivity contribution in [3.63, 3.8) is 0 Å². The minimum atomic E-state index is -0.634. The summed E-state index contributed by atoms with van der Waals surface area (Å²) in [4.78, 5) is 8.33. The van der Waals surface area contributed by atoms with Crippen molar-refractivity contribution in [1.82, 2.24) is 30.2 Å². The molecule has 2 aromatic rings. The Morgan fingerprint density at radius 2 is 2.29 bits per heavy atom. The average Bonchev–Trinajstić information content (AvgIpc) is 3.09. The summed E-state index contributed by atoms with van der Waals surface area (Å²) >= 11 is 0. The van der Waals surface area contributed by atoms with Crippen molar-refractivity contribution in [2.24, 2.45) is 4.99 Å². The van der Waals surface area contributed by atoms with E-state index in [1.165, 1.54) is 0 Å². The zero-order valence-corrected chi connectivity index (χ0v) is 11.6. The third-order valence-electron chi connectivity index (χ3n) is 3.44. The van der Waals surface area contributed by atoms with Crippen LogP contribution in [-0.2, 0) is 13.0 Å². The number of aliphatic hydroxyl groups is 1. The molecule has 0 radical (unpaired) electrons. The van der Waals surface area contributed by atoms with Gasteiger partial charge in [0.05, 0.1) is 19.2 Å². The predicted molar refractivity (Wildman–Crippen MR) is 75.9 cm³/mol. The lowest BCUT2D eigenvalue weighted by Gasteiger charge is -2.09. The Kier molecular flexibility index (Phi) is 4.20. The molecule has 0 bridgehead atoms. The van der Waals surface area contributed by atoms with Crippen molar-refractivity contribution in [3.05, 3.63) is 17.8 Å².